The van der Waals surface area contributed by atoms with Crippen LogP contribution < -0.4 is 0 Å². The van der Waals surface area contributed by atoms with Crippen LogP contribution >= 0.6 is 0 Å². The molecule has 0 N–H and O–H groups in total. The van der Waals surface area contributed by atoms with Crippen molar-refractivity contribution in [3.63, 3.8) is 0 Å². The maximum Gasteiger partial charge on any atom is 0.182 e. The van der Waals surface area contributed by atoms with Crippen LogP contribution in [0.15, 0.2) is 252 Å². The fourth-order valence-corrected chi connectivity index (χ4v) is 12.1. The predicted molar refractivity (Wildman–Crippen MR) is 338 cm³/mol. The van der Waals surface area contributed by atoms with Gasteiger partial charge in [0, 0.05) is 12.2 Å². The fraction of sp³-hybridized carbons (Fsp3) is 0.288. The molecule has 0 bridgehead atoms. The number of nitriles is 4. The van der Waals surface area contributed by atoms with Crippen molar-refractivity contribution >= 4 is 19.7 Å². The number of unbranched alkanes of at least 4 members (excludes halogenated alkanes) is 4. The highest BCUT2D eigenvalue weighted by Crippen LogP contribution is 2.67. The minimum Gasteiger partial charge on any atom is -0.224 e. The molecule has 8 nitrogen and oxygen atoms in total. The first-order valence-corrected chi connectivity index (χ1v) is 31.7. The van der Waals surface area contributed by atoms with Gasteiger partial charge in [0.1, 0.15) is 0 Å². The van der Waals surface area contributed by atoms with E-state index in [1.165, 1.54) is 67.9 Å². The Morgan fingerprint density at radius 1 is 0.446 bits per heavy atom. The molecule has 2 saturated carbocycles. The van der Waals surface area contributed by atoms with E-state index in [9.17, 15) is 27.4 Å². The molecular weight excluding hydrogens is 1060 g/mol. The van der Waals surface area contributed by atoms with E-state index in [2.05, 4.69) is 105 Å². The van der Waals surface area contributed by atoms with Crippen molar-refractivity contribution in [2.45, 2.75) is 124 Å². The first kappa shape index (κ1) is 67.1. The second kappa shape index (κ2) is 35.5. The van der Waals surface area contributed by atoms with Crippen molar-refractivity contribution in [3.8, 4) is 24.3 Å². The summed E-state index contributed by atoms with van der Waals surface area (Å²) in [5, 5.41) is 35.9. The molecule has 0 aromatic heterocycles. The van der Waals surface area contributed by atoms with Crippen molar-refractivity contribution in [2.24, 2.45) is 11.8 Å². The predicted octanol–water partition coefficient (Wildman–Crippen LogP) is 17.4. The molecule has 5 atom stereocenters. The van der Waals surface area contributed by atoms with Gasteiger partial charge in [0.15, 0.2) is 19.7 Å². The third kappa shape index (κ3) is 21.2. The molecular formula is C73H80N4O4S2. The molecule has 8 aromatic carbocycles. The van der Waals surface area contributed by atoms with E-state index < -0.39 is 19.7 Å². The molecule has 83 heavy (non-hydrogen) atoms. The van der Waals surface area contributed by atoms with Crippen LogP contribution in [0.3, 0.4) is 0 Å². The Bertz CT molecular complexity index is 3430. The van der Waals surface area contributed by atoms with Crippen molar-refractivity contribution < 1.29 is 16.8 Å². The summed E-state index contributed by atoms with van der Waals surface area (Å²) in [6, 6.07) is 86.2. The lowest BCUT2D eigenvalue weighted by Crippen LogP contribution is -2.08. The summed E-state index contributed by atoms with van der Waals surface area (Å²) in [7, 11) is -6.22. The van der Waals surface area contributed by atoms with Crippen LogP contribution in [-0.2, 0) is 49.1 Å². The summed E-state index contributed by atoms with van der Waals surface area (Å²) >= 11 is 0. The topological polar surface area (TPSA) is 163 Å². The molecule has 0 spiro atoms. The molecule has 10 heteroatoms. The number of nitrogens with zero attached hydrogens (tertiary/aromatic N) is 4. The molecule has 0 heterocycles. The highest BCUT2D eigenvalue weighted by molar-refractivity contribution is 7.91. The summed E-state index contributed by atoms with van der Waals surface area (Å²) in [5.74, 6) is 1.45. The van der Waals surface area contributed by atoms with Crippen LogP contribution in [0.2, 0.25) is 0 Å². The van der Waals surface area contributed by atoms with Crippen LogP contribution in [0.1, 0.15) is 118 Å². The number of rotatable bonds is 17. The zero-order valence-corrected chi connectivity index (χ0v) is 49.2. The Hall–Kier alpha value is -8.38. The fourth-order valence-electron chi connectivity index (χ4n) is 10.1. The number of hydrogen-bond acceptors (Lipinski definition) is 8. The zero-order chi connectivity index (χ0) is 58.9. The molecule has 0 aliphatic heterocycles. The molecule has 2 aliphatic rings. The lowest BCUT2D eigenvalue weighted by molar-refractivity contribution is 0.584. The van der Waals surface area contributed by atoms with Gasteiger partial charge >= 0.3 is 0 Å². The average Bonchev–Trinajstić information content (AvgIpc) is 2.60. The standard InChI is InChI=1S/C21H23N.C15H19N.C13H12O2S.2C8H7N.C7H8O2S.CH4/c1-2-3-6-15-19-20(17-11-7-4-8-12-17)21(19,16-22)18-13-9-5-10-14-18;1-2-3-5-10-14-11-15(14,12-16)13-8-6-4-7-9-13;14-16(15,13-9-5-2-6-10-13)11-12-7-3-1-4-8-12;2*9-7-6-8-4-2-1-3-5-8;1-10(8,9)7-5-3-2-4-6-7;/h4-5,7-14,19-20H,2-3,6,15H2,1H3;4,6-9,14H,2-3,5,10-11H2,1H3;1-10H,11H2;2*1-5H,6H2;2-6H,1H3;1H4. The van der Waals surface area contributed by atoms with Crippen LogP contribution in [0.25, 0.3) is 0 Å². The lowest BCUT2D eigenvalue weighted by atomic mass is 9.91. The summed E-state index contributed by atoms with van der Waals surface area (Å²) in [6.07, 6.45) is 13.2. The number of benzene rings is 8. The van der Waals surface area contributed by atoms with Crippen LogP contribution in [0, 0.1) is 57.2 Å². The van der Waals surface area contributed by atoms with Gasteiger partial charge in [0.25, 0.3) is 0 Å². The smallest absolute Gasteiger partial charge is 0.182 e. The van der Waals surface area contributed by atoms with Gasteiger partial charge in [0.05, 0.1) is 63.5 Å². The van der Waals surface area contributed by atoms with Crippen molar-refractivity contribution in [1.82, 2.24) is 0 Å². The molecule has 0 amide bonds. The Labute approximate surface area is 497 Å². The number of sulfone groups is 2. The van der Waals surface area contributed by atoms with E-state index in [1.807, 2.05) is 121 Å². The van der Waals surface area contributed by atoms with Crippen LogP contribution in [0.4, 0.5) is 0 Å². The summed E-state index contributed by atoms with van der Waals surface area (Å²) < 4.78 is 45.7. The van der Waals surface area contributed by atoms with Crippen molar-refractivity contribution in [3.05, 3.63) is 276 Å². The molecule has 0 radical (unpaired) electrons. The van der Waals surface area contributed by atoms with Gasteiger partial charge in [-0.1, -0.05) is 278 Å². The van der Waals surface area contributed by atoms with Crippen LogP contribution in [0.5, 0.6) is 0 Å². The molecule has 0 saturated heterocycles. The highest BCUT2D eigenvalue weighted by Gasteiger charge is 2.66. The summed E-state index contributed by atoms with van der Waals surface area (Å²) in [6.45, 7) is 4.46. The van der Waals surface area contributed by atoms with E-state index in [0.29, 0.717) is 40.4 Å². The number of hydrogen-bond donors (Lipinski definition) is 0. The van der Waals surface area contributed by atoms with Gasteiger partial charge in [0.2, 0.25) is 0 Å². The normalized spacial score (nSPS) is 17.6. The minimum absolute atomic E-state index is 0. The average molecular weight is 1140 g/mol. The Morgan fingerprint density at radius 2 is 0.819 bits per heavy atom. The third-order valence-corrected chi connectivity index (χ3v) is 17.4. The zero-order valence-electron chi connectivity index (χ0n) is 47.5. The second-order valence-electron chi connectivity index (χ2n) is 20.5. The van der Waals surface area contributed by atoms with Crippen LogP contribution in [-0.4, -0.2) is 23.1 Å². The summed E-state index contributed by atoms with van der Waals surface area (Å²) in [4.78, 5) is 0.744. The second-order valence-corrected chi connectivity index (χ2v) is 24.5. The first-order chi connectivity index (χ1) is 39.8. The van der Waals surface area contributed by atoms with E-state index in [1.54, 1.807) is 54.6 Å². The van der Waals surface area contributed by atoms with E-state index in [4.69, 9.17) is 10.5 Å². The quantitative estimate of drug-likeness (QED) is 0.0813. The maximum absolute atomic E-state index is 12.0. The summed E-state index contributed by atoms with van der Waals surface area (Å²) in [5.41, 5.74) is 6.23. The monoisotopic (exact) mass is 1140 g/mol. The van der Waals surface area contributed by atoms with Gasteiger partial charge in [-0.05, 0) is 88.7 Å². The molecule has 10 rings (SSSR count). The maximum atomic E-state index is 12.0. The highest BCUT2D eigenvalue weighted by atomic mass is 32.2. The molecule has 8 aromatic rings. The molecule has 2 aliphatic carbocycles. The van der Waals surface area contributed by atoms with Gasteiger partial charge < -0.3 is 0 Å². The molecule has 5 unspecified atom stereocenters. The van der Waals surface area contributed by atoms with Crippen molar-refractivity contribution in [1.29, 1.82) is 21.0 Å². The molecule has 2 fully saturated rings. The van der Waals surface area contributed by atoms with Gasteiger partial charge in [-0.25, -0.2) is 16.8 Å². The van der Waals surface area contributed by atoms with Gasteiger partial charge in [-0.15, -0.1) is 0 Å². The van der Waals surface area contributed by atoms with Gasteiger partial charge in [-0.2, -0.15) is 21.0 Å². The molecule has 428 valence electrons. The minimum atomic E-state index is -3.21. The largest absolute Gasteiger partial charge is 0.224 e. The Balaban J connectivity index is 0.000000220. The first-order valence-electron chi connectivity index (χ1n) is 28.2. The Morgan fingerprint density at radius 3 is 1.20 bits per heavy atom. The van der Waals surface area contributed by atoms with E-state index in [0.717, 1.165) is 29.5 Å². The Kier molecular flexibility index (Phi) is 28.7. The lowest BCUT2D eigenvalue weighted by Gasteiger charge is -2.10. The SMILES string of the molecule is C.CCCCCC1C(c2ccccc2)C1(C#N)c1ccccc1.CCCCCC1CC1(C#N)c1ccccc1.CS(=O)(=O)c1ccccc1.N#CCc1ccccc1.N#CCc1ccccc1.O=S(=O)(Cc1ccccc1)c1ccccc1. The third-order valence-electron chi connectivity index (χ3n) is 14.6. The van der Waals surface area contributed by atoms with Gasteiger partial charge in [-0.3, -0.25) is 0 Å². The van der Waals surface area contributed by atoms with Crippen molar-refractivity contribution in [2.75, 3.05) is 6.26 Å². The van der Waals surface area contributed by atoms with E-state index in [-0.39, 0.29) is 24.0 Å². The van der Waals surface area contributed by atoms with E-state index >= 15 is 0 Å².